The molecule has 0 spiro atoms. The fraction of sp³-hybridized carbons (Fsp3) is 0.154. The number of ether oxygens (including phenoxy) is 1. The molecule has 0 unspecified atom stereocenters. The van der Waals surface area contributed by atoms with E-state index in [0.29, 0.717) is 24.6 Å². The van der Waals surface area contributed by atoms with Gasteiger partial charge in [0, 0.05) is 12.7 Å². The summed E-state index contributed by atoms with van der Waals surface area (Å²) >= 11 is 0. The van der Waals surface area contributed by atoms with Gasteiger partial charge >= 0.3 is 0 Å². The van der Waals surface area contributed by atoms with E-state index in [2.05, 4.69) is 10.3 Å². The molecule has 2 rings (SSSR count). The summed E-state index contributed by atoms with van der Waals surface area (Å²) in [5, 5.41) is 2.96. The Hall–Kier alpha value is -2.10. The number of aromatic nitrogens is 1. The molecule has 1 heterocycles. The van der Waals surface area contributed by atoms with Gasteiger partial charge in [-0.05, 0) is 24.3 Å². The molecule has 0 fully saturated rings. The SMILES string of the molecule is Fc1ccccc1NCCOc1cccnc1. The lowest BCUT2D eigenvalue weighted by Gasteiger charge is -2.08. The third-order valence-electron chi connectivity index (χ3n) is 2.19. The average molecular weight is 232 g/mol. The van der Waals surface area contributed by atoms with Crippen molar-refractivity contribution in [2.24, 2.45) is 0 Å². The smallest absolute Gasteiger partial charge is 0.146 e. The van der Waals surface area contributed by atoms with E-state index in [1.165, 1.54) is 6.07 Å². The van der Waals surface area contributed by atoms with E-state index in [4.69, 9.17) is 4.74 Å². The molecule has 0 amide bonds. The van der Waals surface area contributed by atoms with E-state index in [9.17, 15) is 4.39 Å². The highest BCUT2D eigenvalue weighted by atomic mass is 19.1. The van der Waals surface area contributed by atoms with Crippen LogP contribution >= 0.6 is 0 Å². The first-order valence-electron chi connectivity index (χ1n) is 5.37. The zero-order valence-corrected chi connectivity index (χ0v) is 9.27. The average Bonchev–Trinajstić information content (AvgIpc) is 2.38. The third-order valence-corrected chi connectivity index (χ3v) is 2.19. The standard InChI is InChI=1S/C13H13FN2O/c14-12-5-1-2-6-13(12)16-8-9-17-11-4-3-7-15-10-11/h1-7,10,16H,8-9H2. The lowest BCUT2D eigenvalue weighted by Crippen LogP contribution is -2.12. The first-order valence-corrected chi connectivity index (χ1v) is 5.37. The van der Waals surface area contributed by atoms with Gasteiger partial charge in [0.2, 0.25) is 0 Å². The summed E-state index contributed by atoms with van der Waals surface area (Å²) in [6, 6.07) is 10.2. The Morgan fingerprint density at radius 1 is 1.18 bits per heavy atom. The number of rotatable bonds is 5. The molecule has 0 bridgehead atoms. The van der Waals surface area contributed by atoms with Crippen LogP contribution in [-0.2, 0) is 0 Å². The molecule has 0 saturated heterocycles. The molecule has 1 aromatic heterocycles. The van der Waals surface area contributed by atoms with Crippen molar-refractivity contribution in [1.82, 2.24) is 4.98 Å². The second-order valence-electron chi connectivity index (χ2n) is 3.44. The van der Waals surface area contributed by atoms with Crippen molar-refractivity contribution < 1.29 is 9.13 Å². The van der Waals surface area contributed by atoms with Crippen LogP contribution < -0.4 is 10.1 Å². The van der Waals surface area contributed by atoms with Crippen LogP contribution in [0.4, 0.5) is 10.1 Å². The van der Waals surface area contributed by atoms with Gasteiger partial charge in [-0.15, -0.1) is 0 Å². The monoisotopic (exact) mass is 232 g/mol. The summed E-state index contributed by atoms with van der Waals surface area (Å²) in [4.78, 5) is 3.93. The fourth-order valence-electron chi connectivity index (χ4n) is 1.39. The molecule has 0 aliphatic rings. The molecule has 0 saturated carbocycles. The molecule has 0 aliphatic carbocycles. The van der Waals surface area contributed by atoms with Crippen LogP contribution in [0.15, 0.2) is 48.8 Å². The maximum absolute atomic E-state index is 13.2. The van der Waals surface area contributed by atoms with Crippen LogP contribution in [0.5, 0.6) is 5.75 Å². The van der Waals surface area contributed by atoms with Crippen molar-refractivity contribution in [3.05, 3.63) is 54.6 Å². The van der Waals surface area contributed by atoms with Crippen molar-refractivity contribution in [3.8, 4) is 5.75 Å². The van der Waals surface area contributed by atoms with E-state index in [-0.39, 0.29) is 5.82 Å². The number of hydrogen-bond acceptors (Lipinski definition) is 3. The molecule has 88 valence electrons. The van der Waals surface area contributed by atoms with Crippen LogP contribution in [0.1, 0.15) is 0 Å². The summed E-state index contributed by atoms with van der Waals surface area (Å²) in [5.74, 6) is 0.455. The Kier molecular flexibility index (Phi) is 3.91. The zero-order chi connectivity index (χ0) is 11.9. The Balaban J connectivity index is 1.76. The van der Waals surface area contributed by atoms with Crippen LogP contribution in [-0.4, -0.2) is 18.1 Å². The maximum Gasteiger partial charge on any atom is 0.146 e. The van der Waals surface area contributed by atoms with Crippen molar-refractivity contribution in [2.75, 3.05) is 18.5 Å². The van der Waals surface area contributed by atoms with Crippen molar-refractivity contribution >= 4 is 5.69 Å². The van der Waals surface area contributed by atoms with Gasteiger partial charge in [0.15, 0.2) is 0 Å². The summed E-state index contributed by atoms with van der Waals surface area (Å²) in [6.07, 6.45) is 3.33. The van der Waals surface area contributed by atoms with E-state index in [1.54, 1.807) is 36.7 Å². The summed E-state index contributed by atoms with van der Waals surface area (Å²) < 4.78 is 18.6. The first kappa shape index (κ1) is 11.4. The Morgan fingerprint density at radius 3 is 2.82 bits per heavy atom. The first-order chi connectivity index (χ1) is 8.36. The molecule has 0 aliphatic heterocycles. The van der Waals surface area contributed by atoms with Gasteiger partial charge in [-0.25, -0.2) is 4.39 Å². The molecular weight excluding hydrogens is 219 g/mol. The molecule has 17 heavy (non-hydrogen) atoms. The third kappa shape index (κ3) is 3.45. The Morgan fingerprint density at radius 2 is 2.06 bits per heavy atom. The predicted octanol–water partition coefficient (Wildman–Crippen LogP) is 2.71. The zero-order valence-electron chi connectivity index (χ0n) is 9.27. The summed E-state index contributed by atoms with van der Waals surface area (Å²) in [7, 11) is 0. The van der Waals surface area contributed by atoms with Gasteiger partial charge in [-0.1, -0.05) is 12.1 Å². The fourth-order valence-corrected chi connectivity index (χ4v) is 1.39. The van der Waals surface area contributed by atoms with Crippen LogP contribution in [0, 0.1) is 5.82 Å². The van der Waals surface area contributed by atoms with Crippen molar-refractivity contribution in [1.29, 1.82) is 0 Å². The minimum Gasteiger partial charge on any atom is -0.490 e. The van der Waals surface area contributed by atoms with Gasteiger partial charge in [-0.3, -0.25) is 4.98 Å². The second kappa shape index (κ2) is 5.84. The highest BCUT2D eigenvalue weighted by Crippen LogP contribution is 2.12. The molecule has 0 radical (unpaired) electrons. The number of para-hydroxylation sites is 1. The maximum atomic E-state index is 13.2. The number of nitrogens with zero attached hydrogens (tertiary/aromatic N) is 1. The second-order valence-corrected chi connectivity index (χ2v) is 3.44. The minimum atomic E-state index is -0.256. The quantitative estimate of drug-likeness (QED) is 0.805. The van der Waals surface area contributed by atoms with Crippen molar-refractivity contribution in [2.45, 2.75) is 0 Å². The molecule has 1 aromatic carbocycles. The normalized spacial score (nSPS) is 9.94. The molecule has 4 heteroatoms. The number of hydrogen-bond donors (Lipinski definition) is 1. The van der Waals surface area contributed by atoms with Gasteiger partial charge in [0.25, 0.3) is 0 Å². The highest BCUT2D eigenvalue weighted by molar-refractivity contribution is 5.44. The number of benzene rings is 1. The number of halogens is 1. The Bertz CT molecular complexity index is 462. The number of pyridine rings is 1. The topological polar surface area (TPSA) is 34.1 Å². The summed E-state index contributed by atoms with van der Waals surface area (Å²) in [6.45, 7) is 0.996. The predicted molar refractivity (Wildman–Crippen MR) is 64.6 cm³/mol. The van der Waals surface area contributed by atoms with Gasteiger partial charge < -0.3 is 10.1 Å². The van der Waals surface area contributed by atoms with E-state index >= 15 is 0 Å². The lowest BCUT2D eigenvalue weighted by molar-refractivity contribution is 0.331. The van der Waals surface area contributed by atoms with Gasteiger partial charge in [-0.2, -0.15) is 0 Å². The summed E-state index contributed by atoms with van der Waals surface area (Å²) in [5.41, 5.74) is 0.488. The van der Waals surface area contributed by atoms with E-state index < -0.39 is 0 Å². The van der Waals surface area contributed by atoms with E-state index in [1.807, 2.05) is 6.07 Å². The Labute approximate surface area is 99.3 Å². The minimum absolute atomic E-state index is 0.256. The molecule has 2 aromatic rings. The lowest BCUT2D eigenvalue weighted by atomic mass is 10.3. The van der Waals surface area contributed by atoms with Crippen LogP contribution in [0.2, 0.25) is 0 Å². The molecule has 0 atom stereocenters. The number of anilines is 1. The van der Waals surface area contributed by atoms with E-state index in [0.717, 1.165) is 0 Å². The molecule has 1 N–H and O–H groups in total. The number of nitrogens with one attached hydrogen (secondary N) is 1. The van der Waals surface area contributed by atoms with Gasteiger partial charge in [0.1, 0.15) is 18.2 Å². The van der Waals surface area contributed by atoms with Crippen LogP contribution in [0.25, 0.3) is 0 Å². The highest BCUT2D eigenvalue weighted by Gasteiger charge is 1.98. The van der Waals surface area contributed by atoms with Gasteiger partial charge in [0.05, 0.1) is 11.9 Å². The largest absolute Gasteiger partial charge is 0.490 e. The van der Waals surface area contributed by atoms with Crippen LogP contribution in [0.3, 0.4) is 0 Å². The molecule has 3 nitrogen and oxygen atoms in total. The van der Waals surface area contributed by atoms with Crippen molar-refractivity contribution in [3.63, 3.8) is 0 Å². The molecular formula is C13H13FN2O.